The molecule has 0 bridgehead atoms. The van der Waals surface area contributed by atoms with Gasteiger partial charge in [0.1, 0.15) is 55.1 Å². The molecule has 3 aliphatic rings. The molecule has 3 aliphatic heterocycles. The first-order chi connectivity index (χ1) is 29.8. The normalized spacial score (nSPS) is 31.3. The number of ether oxygens (including phenoxy) is 6. The van der Waals surface area contributed by atoms with Crippen LogP contribution in [0.15, 0.2) is 84.9 Å². The van der Waals surface area contributed by atoms with Gasteiger partial charge in [-0.2, -0.15) is 0 Å². The Kier molecular flexibility index (Phi) is 16.4. The van der Waals surface area contributed by atoms with Crippen molar-refractivity contribution in [2.75, 3.05) is 32.8 Å². The quantitative estimate of drug-likeness (QED) is 0.138. The molecule has 0 saturated carbocycles. The first kappa shape index (κ1) is 46.5. The molecule has 3 aromatic rings. The molecule has 12 atom stereocenters. The zero-order chi connectivity index (χ0) is 44.3. The Labute approximate surface area is 358 Å². The molecule has 0 aromatic heterocycles. The van der Waals surface area contributed by atoms with Gasteiger partial charge in [0.2, 0.25) is 12.2 Å². The first-order valence-electron chi connectivity index (χ1n) is 20.7. The lowest BCUT2D eigenvalue weighted by Gasteiger charge is -2.45. The van der Waals surface area contributed by atoms with E-state index < -0.39 is 92.1 Å². The third-order valence-corrected chi connectivity index (χ3v) is 10.9. The van der Waals surface area contributed by atoms with E-state index in [9.17, 15) is 44.7 Å². The van der Waals surface area contributed by atoms with Gasteiger partial charge in [-0.15, -0.1) is 0 Å². The number of aliphatic hydroxyl groups is 5. The Bertz CT molecular complexity index is 1930. The van der Waals surface area contributed by atoms with Crippen LogP contribution in [0.3, 0.4) is 0 Å². The molecule has 336 valence electrons. The number of rotatable bonds is 10. The summed E-state index contributed by atoms with van der Waals surface area (Å²) in [6, 6.07) is 23.1. The fourth-order valence-corrected chi connectivity index (χ4v) is 7.48. The van der Waals surface area contributed by atoms with Gasteiger partial charge < -0.3 is 69.5 Å². The first-order valence-corrected chi connectivity index (χ1v) is 20.7. The van der Waals surface area contributed by atoms with Crippen LogP contribution < -0.4 is 15.4 Å². The van der Waals surface area contributed by atoms with E-state index in [4.69, 9.17) is 28.4 Å². The number of carbonyl (C=O) groups is 4. The molecule has 18 heteroatoms. The van der Waals surface area contributed by atoms with Crippen LogP contribution >= 0.6 is 0 Å². The average Bonchev–Trinajstić information content (AvgIpc) is 3.28. The Hall–Kier alpha value is -5.02. The Morgan fingerprint density at radius 3 is 2.15 bits per heavy atom. The summed E-state index contributed by atoms with van der Waals surface area (Å²) < 4.78 is 34.6. The van der Waals surface area contributed by atoms with Gasteiger partial charge in [-0.05, 0) is 68.3 Å². The molecule has 2 amide bonds. The van der Waals surface area contributed by atoms with E-state index in [1.165, 1.54) is 26.0 Å². The number of hydrogen-bond acceptors (Lipinski definition) is 16. The maximum absolute atomic E-state index is 13.4. The summed E-state index contributed by atoms with van der Waals surface area (Å²) in [7, 11) is 0. The van der Waals surface area contributed by atoms with Crippen LogP contribution in [0.4, 0.5) is 0 Å². The third-order valence-electron chi connectivity index (χ3n) is 10.9. The van der Waals surface area contributed by atoms with Gasteiger partial charge in [0.15, 0.2) is 12.4 Å². The van der Waals surface area contributed by atoms with Crippen molar-refractivity contribution in [1.82, 2.24) is 15.5 Å². The van der Waals surface area contributed by atoms with E-state index in [1.807, 2.05) is 6.07 Å². The SMILES string of the molecule is CC(=O)O[C@@H]1CCN[C@H](c2ccc(O[C@@H]3O[C@@H](C)[C@H](O)[C@@H](O)[C@H]3O[C@@H]3O[C@H](COC(=O)c4ccccc4)[C@@H](O)[C@H](O)[C@H]3O)cc2)CC(=O)NCCCN(C(=O)c2ccccc2)C1. The lowest BCUT2D eigenvalue weighted by atomic mass is 9.97. The number of carbonyl (C=O) groups excluding carboxylic acids is 4. The van der Waals surface area contributed by atoms with E-state index >= 15 is 0 Å². The zero-order valence-corrected chi connectivity index (χ0v) is 34.4. The number of esters is 2. The van der Waals surface area contributed by atoms with Crippen molar-refractivity contribution in [3.8, 4) is 5.75 Å². The van der Waals surface area contributed by atoms with E-state index in [1.54, 1.807) is 71.6 Å². The maximum atomic E-state index is 13.4. The van der Waals surface area contributed by atoms with Crippen molar-refractivity contribution in [3.05, 3.63) is 102 Å². The van der Waals surface area contributed by atoms with Crippen LogP contribution in [0, 0.1) is 0 Å². The van der Waals surface area contributed by atoms with Crippen molar-refractivity contribution in [3.63, 3.8) is 0 Å². The minimum Gasteiger partial charge on any atom is -0.462 e. The van der Waals surface area contributed by atoms with Crippen LogP contribution in [0.25, 0.3) is 0 Å². The lowest BCUT2D eigenvalue weighted by Crippen LogP contribution is -2.64. The molecular weight excluding hydrogens is 810 g/mol. The van der Waals surface area contributed by atoms with Crippen LogP contribution in [0.2, 0.25) is 0 Å². The highest BCUT2D eigenvalue weighted by atomic mass is 16.8. The number of nitrogens with one attached hydrogen (secondary N) is 2. The smallest absolute Gasteiger partial charge is 0.338 e. The molecule has 0 spiro atoms. The van der Waals surface area contributed by atoms with Crippen LogP contribution in [0.1, 0.15) is 65.4 Å². The van der Waals surface area contributed by atoms with Crippen molar-refractivity contribution in [2.45, 2.75) is 107 Å². The van der Waals surface area contributed by atoms with E-state index in [-0.39, 0.29) is 36.1 Å². The number of amides is 2. The van der Waals surface area contributed by atoms with Crippen molar-refractivity contribution >= 4 is 23.8 Å². The number of aliphatic hydroxyl groups excluding tert-OH is 5. The van der Waals surface area contributed by atoms with Gasteiger partial charge in [0.05, 0.1) is 18.2 Å². The maximum Gasteiger partial charge on any atom is 0.338 e. The molecule has 0 radical (unpaired) electrons. The van der Waals surface area contributed by atoms with Gasteiger partial charge in [-0.1, -0.05) is 48.5 Å². The van der Waals surface area contributed by atoms with Crippen LogP contribution in [-0.4, -0.2) is 154 Å². The second-order valence-electron chi connectivity index (χ2n) is 15.5. The summed E-state index contributed by atoms with van der Waals surface area (Å²) >= 11 is 0. The summed E-state index contributed by atoms with van der Waals surface area (Å²) in [5, 5.41) is 60.4. The molecule has 0 unspecified atom stereocenters. The van der Waals surface area contributed by atoms with Gasteiger partial charge in [-0.25, -0.2) is 4.79 Å². The van der Waals surface area contributed by atoms with Gasteiger partial charge in [0.25, 0.3) is 5.91 Å². The molecule has 7 N–H and O–H groups in total. The Morgan fingerprint density at radius 2 is 1.47 bits per heavy atom. The Morgan fingerprint density at radius 1 is 0.790 bits per heavy atom. The number of hydrogen-bond donors (Lipinski definition) is 7. The van der Waals surface area contributed by atoms with E-state index in [0.717, 1.165) is 0 Å². The molecule has 6 rings (SSSR count). The van der Waals surface area contributed by atoms with Gasteiger partial charge in [0, 0.05) is 38.0 Å². The minimum absolute atomic E-state index is 0.0606. The highest BCUT2D eigenvalue weighted by molar-refractivity contribution is 5.94. The number of benzene rings is 3. The summed E-state index contributed by atoms with van der Waals surface area (Å²) in [6.45, 7) is 3.44. The van der Waals surface area contributed by atoms with Crippen LogP contribution in [0.5, 0.6) is 5.75 Å². The zero-order valence-electron chi connectivity index (χ0n) is 34.4. The summed E-state index contributed by atoms with van der Waals surface area (Å²) in [5.74, 6) is -1.39. The monoisotopic (exact) mass is 865 g/mol. The topological polar surface area (TPSA) is 252 Å². The molecule has 3 heterocycles. The minimum atomic E-state index is -1.84. The lowest BCUT2D eigenvalue weighted by molar-refractivity contribution is -0.355. The number of nitrogens with zero attached hydrogens (tertiary/aromatic N) is 1. The van der Waals surface area contributed by atoms with Crippen molar-refractivity contribution in [2.24, 2.45) is 0 Å². The van der Waals surface area contributed by atoms with Crippen molar-refractivity contribution in [1.29, 1.82) is 0 Å². The third kappa shape index (κ3) is 12.1. The van der Waals surface area contributed by atoms with E-state index in [0.29, 0.717) is 43.6 Å². The molecule has 3 fully saturated rings. The van der Waals surface area contributed by atoms with Gasteiger partial charge in [-0.3, -0.25) is 14.4 Å². The fraction of sp³-hybridized carbons (Fsp3) is 0.500. The molecule has 3 aromatic carbocycles. The predicted octanol–water partition coefficient (Wildman–Crippen LogP) is 0.587. The standard InChI is InChI=1S/C44H55N3O15/c1-25-35(50)38(53)40(62-43-39(54)37(52)36(51)33(61-43)24-57-42(56)29-12-7-4-8-13-29)44(58-25)60-30-16-14-27(15-17-30)32-22-34(49)46-19-9-21-47(41(55)28-10-5-3-6-11-28)23-31(18-20-45-32)59-26(2)48/h3-8,10-17,25,31-33,35-40,43-45,50-54H,9,18-24H2,1-2H3,(H,46,49)/t25-,31+,32-,33+,35-,36+,37-,38+,39+,40+,43-,44-/m0/s1. The second-order valence-corrected chi connectivity index (χ2v) is 15.5. The van der Waals surface area contributed by atoms with Gasteiger partial charge >= 0.3 is 11.9 Å². The average molecular weight is 866 g/mol. The second kappa shape index (κ2) is 21.9. The van der Waals surface area contributed by atoms with Crippen molar-refractivity contribution < 1.29 is 73.1 Å². The van der Waals surface area contributed by atoms with Crippen LogP contribution in [-0.2, 0) is 33.3 Å². The molecule has 3 saturated heterocycles. The predicted molar refractivity (Wildman–Crippen MR) is 217 cm³/mol. The molecular formula is C44H55N3O15. The highest BCUT2D eigenvalue weighted by Crippen LogP contribution is 2.31. The largest absolute Gasteiger partial charge is 0.462 e. The fourth-order valence-electron chi connectivity index (χ4n) is 7.48. The molecule has 18 nitrogen and oxygen atoms in total. The summed E-state index contributed by atoms with van der Waals surface area (Å²) in [6.07, 6.45) is -15.1. The highest BCUT2D eigenvalue weighted by Gasteiger charge is 2.51. The Balaban J connectivity index is 1.12. The summed E-state index contributed by atoms with van der Waals surface area (Å²) in [4.78, 5) is 52.9. The molecule has 62 heavy (non-hydrogen) atoms. The summed E-state index contributed by atoms with van der Waals surface area (Å²) in [5.41, 5.74) is 1.45. The van der Waals surface area contributed by atoms with E-state index in [2.05, 4.69) is 10.6 Å². The molecule has 0 aliphatic carbocycles.